The average molecular weight is 184 g/mol. The molecule has 13 heavy (non-hydrogen) atoms. The third kappa shape index (κ3) is 3.77. The van der Waals surface area contributed by atoms with Gasteiger partial charge in [0, 0.05) is 25.6 Å². The summed E-state index contributed by atoms with van der Waals surface area (Å²) in [6.07, 6.45) is 2.41. The topological polar surface area (TPSA) is 41.1 Å². The molecule has 3 nitrogen and oxygen atoms in total. The standard InChI is InChI=1S/C10H20N2O/c1-7(2)12-10-4-9(5-10)6-11-8(3)13/h7,9-10,12H,4-6H2,1-3H3,(H,11,13)/t9-,10-. The van der Waals surface area contributed by atoms with E-state index in [-0.39, 0.29) is 5.91 Å². The Morgan fingerprint density at radius 2 is 2.08 bits per heavy atom. The Hall–Kier alpha value is -0.570. The van der Waals surface area contributed by atoms with Gasteiger partial charge in [-0.3, -0.25) is 4.79 Å². The molecule has 0 bridgehead atoms. The molecule has 1 fully saturated rings. The Labute approximate surface area is 80.3 Å². The molecule has 1 rings (SSSR count). The van der Waals surface area contributed by atoms with Crippen molar-refractivity contribution in [3.63, 3.8) is 0 Å². The molecule has 1 amide bonds. The third-order valence-electron chi connectivity index (χ3n) is 2.44. The van der Waals surface area contributed by atoms with Crippen molar-refractivity contribution in [3.05, 3.63) is 0 Å². The maximum Gasteiger partial charge on any atom is 0.216 e. The van der Waals surface area contributed by atoms with Crippen molar-refractivity contribution in [1.29, 1.82) is 0 Å². The van der Waals surface area contributed by atoms with Gasteiger partial charge in [0.2, 0.25) is 5.91 Å². The molecule has 0 heterocycles. The summed E-state index contributed by atoms with van der Waals surface area (Å²) in [6.45, 7) is 6.76. The number of amides is 1. The first-order valence-electron chi connectivity index (χ1n) is 5.08. The van der Waals surface area contributed by atoms with E-state index in [1.807, 2.05) is 0 Å². The lowest BCUT2D eigenvalue weighted by Crippen LogP contribution is -2.47. The maximum atomic E-state index is 10.6. The van der Waals surface area contributed by atoms with Gasteiger partial charge in [0.05, 0.1) is 0 Å². The fourth-order valence-corrected chi connectivity index (χ4v) is 1.80. The normalized spacial score (nSPS) is 27.1. The number of rotatable bonds is 4. The highest BCUT2D eigenvalue weighted by Gasteiger charge is 2.28. The zero-order valence-corrected chi connectivity index (χ0v) is 8.76. The number of carbonyl (C=O) groups is 1. The molecule has 1 aliphatic rings. The van der Waals surface area contributed by atoms with Crippen molar-refractivity contribution >= 4 is 5.91 Å². The summed E-state index contributed by atoms with van der Waals surface area (Å²) in [4.78, 5) is 10.6. The summed E-state index contributed by atoms with van der Waals surface area (Å²) in [7, 11) is 0. The van der Waals surface area contributed by atoms with Crippen molar-refractivity contribution < 1.29 is 4.79 Å². The summed E-state index contributed by atoms with van der Waals surface area (Å²) >= 11 is 0. The minimum atomic E-state index is 0.0836. The van der Waals surface area contributed by atoms with E-state index in [4.69, 9.17) is 0 Å². The van der Waals surface area contributed by atoms with E-state index in [1.165, 1.54) is 12.8 Å². The van der Waals surface area contributed by atoms with Crippen LogP contribution in [0, 0.1) is 5.92 Å². The molecule has 0 aliphatic heterocycles. The Balaban J connectivity index is 2.02. The van der Waals surface area contributed by atoms with E-state index in [2.05, 4.69) is 24.5 Å². The van der Waals surface area contributed by atoms with Crippen molar-refractivity contribution in [2.45, 2.75) is 45.7 Å². The van der Waals surface area contributed by atoms with Gasteiger partial charge in [-0.05, 0) is 18.8 Å². The van der Waals surface area contributed by atoms with Crippen LogP contribution in [0.5, 0.6) is 0 Å². The minimum Gasteiger partial charge on any atom is -0.356 e. The van der Waals surface area contributed by atoms with E-state index < -0.39 is 0 Å². The van der Waals surface area contributed by atoms with Gasteiger partial charge in [-0.15, -0.1) is 0 Å². The third-order valence-corrected chi connectivity index (χ3v) is 2.44. The second-order valence-corrected chi connectivity index (χ2v) is 4.29. The van der Waals surface area contributed by atoms with E-state index in [1.54, 1.807) is 6.92 Å². The van der Waals surface area contributed by atoms with Gasteiger partial charge >= 0.3 is 0 Å². The summed E-state index contributed by atoms with van der Waals surface area (Å²) in [5.41, 5.74) is 0. The van der Waals surface area contributed by atoms with E-state index >= 15 is 0 Å². The van der Waals surface area contributed by atoms with Crippen LogP contribution in [0.25, 0.3) is 0 Å². The first-order chi connectivity index (χ1) is 6.08. The Bertz CT molecular complexity index is 174. The highest BCUT2D eigenvalue weighted by atomic mass is 16.1. The number of hydrogen-bond acceptors (Lipinski definition) is 2. The zero-order valence-electron chi connectivity index (χ0n) is 8.76. The summed E-state index contributed by atoms with van der Waals surface area (Å²) < 4.78 is 0. The number of nitrogens with one attached hydrogen (secondary N) is 2. The quantitative estimate of drug-likeness (QED) is 0.681. The molecule has 3 heteroatoms. The van der Waals surface area contributed by atoms with Crippen molar-refractivity contribution in [2.24, 2.45) is 5.92 Å². The molecule has 2 N–H and O–H groups in total. The van der Waals surface area contributed by atoms with Crippen LogP contribution in [-0.4, -0.2) is 24.5 Å². The molecular formula is C10H20N2O. The predicted molar refractivity (Wildman–Crippen MR) is 53.5 cm³/mol. The van der Waals surface area contributed by atoms with Crippen LogP contribution in [0.3, 0.4) is 0 Å². The molecule has 0 atom stereocenters. The predicted octanol–water partition coefficient (Wildman–Crippen LogP) is 0.899. The lowest BCUT2D eigenvalue weighted by atomic mass is 9.80. The SMILES string of the molecule is CC(=O)NC[C@H]1C[C@H](NC(C)C)C1. The zero-order chi connectivity index (χ0) is 9.84. The van der Waals surface area contributed by atoms with E-state index in [9.17, 15) is 4.79 Å². The average Bonchev–Trinajstić information content (AvgIpc) is 1.92. The summed E-state index contributed by atoms with van der Waals surface area (Å²) in [6, 6.07) is 1.26. The molecule has 76 valence electrons. The van der Waals surface area contributed by atoms with Gasteiger partial charge < -0.3 is 10.6 Å². The largest absolute Gasteiger partial charge is 0.356 e. The molecule has 0 saturated heterocycles. The van der Waals surface area contributed by atoms with Gasteiger partial charge in [0.25, 0.3) is 0 Å². The molecule has 0 unspecified atom stereocenters. The van der Waals surface area contributed by atoms with E-state index in [0.29, 0.717) is 18.0 Å². The van der Waals surface area contributed by atoms with Crippen LogP contribution < -0.4 is 10.6 Å². The van der Waals surface area contributed by atoms with Crippen LogP contribution in [-0.2, 0) is 4.79 Å². The number of carbonyl (C=O) groups excluding carboxylic acids is 1. The summed E-state index contributed by atoms with van der Waals surface area (Å²) in [5.74, 6) is 0.778. The molecular weight excluding hydrogens is 164 g/mol. The van der Waals surface area contributed by atoms with Crippen LogP contribution in [0.2, 0.25) is 0 Å². The summed E-state index contributed by atoms with van der Waals surface area (Å²) in [5, 5.41) is 6.34. The van der Waals surface area contributed by atoms with Crippen LogP contribution in [0.1, 0.15) is 33.6 Å². The minimum absolute atomic E-state index is 0.0836. The van der Waals surface area contributed by atoms with Gasteiger partial charge in [-0.25, -0.2) is 0 Å². The molecule has 0 aromatic carbocycles. The lowest BCUT2D eigenvalue weighted by Gasteiger charge is -2.37. The Kier molecular flexibility index (Phi) is 3.72. The lowest BCUT2D eigenvalue weighted by molar-refractivity contribution is -0.119. The van der Waals surface area contributed by atoms with Gasteiger partial charge in [0.15, 0.2) is 0 Å². The second-order valence-electron chi connectivity index (χ2n) is 4.29. The van der Waals surface area contributed by atoms with Gasteiger partial charge in [-0.2, -0.15) is 0 Å². The van der Waals surface area contributed by atoms with Crippen LogP contribution in [0.15, 0.2) is 0 Å². The van der Waals surface area contributed by atoms with E-state index in [0.717, 1.165) is 6.54 Å². The monoisotopic (exact) mass is 184 g/mol. The fourth-order valence-electron chi connectivity index (χ4n) is 1.80. The van der Waals surface area contributed by atoms with Crippen LogP contribution >= 0.6 is 0 Å². The first kappa shape index (κ1) is 10.5. The Morgan fingerprint density at radius 1 is 1.46 bits per heavy atom. The highest BCUT2D eigenvalue weighted by Crippen LogP contribution is 2.26. The Morgan fingerprint density at radius 3 is 2.54 bits per heavy atom. The van der Waals surface area contributed by atoms with Crippen LogP contribution in [0.4, 0.5) is 0 Å². The molecule has 1 aliphatic carbocycles. The first-order valence-corrected chi connectivity index (χ1v) is 5.08. The molecule has 1 saturated carbocycles. The van der Waals surface area contributed by atoms with Crippen molar-refractivity contribution in [2.75, 3.05) is 6.54 Å². The highest BCUT2D eigenvalue weighted by molar-refractivity contribution is 5.72. The van der Waals surface area contributed by atoms with Gasteiger partial charge in [-0.1, -0.05) is 13.8 Å². The van der Waals surface area contributed by atoms with Crippen molar-refractivity contribution in [3.8, 4) is 0 Å². The fraction of sp³-hybridized carbons (Fsp3) is 0.900. The van der Waals surface area contributed by atoms with Gasteiger partial charge in [0.1, 0.15) is 0 Å². The molecule has 0 radical (unpaired) electrons. The second kappa shape index (κ2) is 4.61. The molecule has 0 spiro atoms. The number of hydrogen-bond donors (Lipinski definition) is 2. The smallest absolute Gasteiger partial charge is 0.216 e. The molecule has 0 aromatic heterocycles. The van der Waals surface area contributed by atoms with Crippen molar-refractivity contribution in [1.82, 2.24) is 10.6 Å². The maximum absolute atomic E-state index is 10.6. The molecule has 0 aromatic rings.